The Hall–Kier alpha value is -0.840. The van der Waals surface area contributed by atoms with Crippen LogP contribution >= 0.6 is 27.5 Å². The molecule has 0 aliphatic rings. The third-order valence-corrected chi connectivity index (χ3v) is 3.42. The lowest BCUT2D eigenvalue weighted by molar-refractivity contribution is 0.281. The molecule has 0 aliphatic heterocycles. The van der Waals surface area contributed by atoms with Crippen LogP contribution in [0.15, 0.2) is 28.9 Å². The third-order valence-electron chi connectivity index (χ3n) is 2.31. The van der Waals surface area contributed by atoms with E-state index in [2.05, 4.69) is 21.0 Å². The van der Waals surface area contributed by atoms with Gasteiger partial charge in [0.05, 0.1) is 23.0 Å². The first-order valence-electron chi connectivity index (χ1n) is 4.73. The number of aryl methyl sites for hydroxylation is 1. The zero-order chi connectivity index (χ0) is 11.7. The van der Waals surface area contributed by atoms with Crippen molar-refractivity contribution in [2.75, 3.05) is 0 Å². The molecule has 2 rings (SSSR count). The molecule has 1 N–H and O–H groups in total. The quantitative estimate of drug-likeness (QED) is 0.925. The SMILES string of the molecule is Cc1nn(-c2ccc(CO)c(Br)c2)cc1Cl. The lowest BCUT2D eigenvalue weighted by Gasteiger charge is -2.05. The van der Waals surface area contributed by atoms with Crippen LogP contribution in [-0.4, -0.2) is 14.9 Å². The molecule has 1 aromatic heterocycles. The topological polar surface area (TPSA) is 38.0 Å². The number of hydrogen-bond acceptors (Lipinski definition) is 2. The maximum atomic E-state index is 9.05. The fourth-order valence-corrected chi connectivity index (χ4v) is 2.00. The zero-order valence-electron chi connectivity index (χ0n) is 8.61. The summed E-state index contributed by atoms with van der Waals surface area (Å²) in [5, 5.41) is 14.0. The van der Waals surface area contributed by atoms with Gasteiger partial charge in [0, 0.05) is 10.7 Å². The van der Waals surface area contributed by atoms with Crippen molar-refractivity contribution < 1.29 is 5.11 Å². The number of aliphatic hydroxyl groups is 1. The first-order valence-corrected chi connectivity index (χ1v) is 5.90. The molecule has 3 nitrogen and oxygen atoms in total. The van der Waals surface area contributed by atoms with E-state index in [1.165, 1.54) is 0 Å². The van der Waals surface area contributed by atoms with Crippen molar-refractivity contribution in [1.29, 1.82) is 0 Å². The molecule has 16 heavy (non-hydrogen) atoms. The number of rotatable bonds is 2. The third kappa shape index (κ3) is 2.14. The van der Waals surface area contributed by atoms with E-state index >= 15 is 0 Å². The van der Waals surface area contributed by atoms with Gasteiger partial charge in [-0.05, 0) is 24.6 Å². The predicted octanol–water partition coefficient (Wildman–Crippen LogP) is 3.09. The van der Waals surface area contributed by atoms with Crippen molar-refractivity contribution in [3.05, 3.63) is 45.1 Å². The van der Waals surface area contributed by atoms with Crippen LogP contribution in [0.5, 0.6) is 0 Å². The minimum absolute atomic E-state index is 0.0136. The summed E-state index contributed by atoms with van der Waals surface area (Å²) in [6.07, 6.45) is 1.76. The van der Waals surface area contributed by atoms with Gasteiger partial charge in [0.1, 0.15) is 0 Å². The van der Waals surface area contributed by atoms with Gasteiger partial charge < -0.3 is 5.11 Å². The van der Waals surface area contributed by atoms with Crippen LogP contribution in [0, 0.1) is 6.92 Å². The van der Waals surface area contributed by atoms with E-state index in [0.29, 0.717) is 5.02 Å². The van der Waals surface area contributed by atoms with Crippen molar-refractivity contribution in [2.24, 2.45) is 0 Å². The van der Waals surface area contributed by atoms with Crippen molar-refractivity contribution in [2.45, 2.75) is 13.5 Å². The molecule has 1 heterocycles. The van der Waals surface area contributed by atoms with Crippen LogP contribution in [0.2, 0.25) is 5.02 Å². The molecule has 0 atom stereocenters. The molecule has 0 bridgehead atoms. The molecule has 0 unspecified atom stereocenters. The van der Waals surface area contributed by atoms with E-state index < -0.39 is 0 Å². The van der Waals surface area contributed by atoms with Crippen molar-refractivity contribution in [3.63, 3.8) is 0 Å². The Morgan fingerprint density at radius 1 is 1.50 bits per heavy atom. The minimum Gasteiger partial charge on any atom is -0.392 e. The normalized spacial score (nSPS) is 10.8. The van der Waals surface area contributed by atoms with Gasteiger partial charge in [-0.1, -0.05) is 33.6 Å². The predicted molar refractivity (Wildman–Crippen MR) is 66.9 cm³/mol. The second-order valence-corrected chi connectivity index (χ2v) is 4.70. The summed E-state index contributed by atoms with van der Waals surface area (Å²) >= 11 is 9.34. The fourth-order valence-electron chi connectivity index (χ4n) is 1.38. The molecule has 84 valence electrons. The lowest BCUT2D eigenvalue weighted by Crippen LogP contribution is -1.96. The minimum atomic E-state index is 0.0136. The number of benzene rings is 1. The number of aromatic nitrogens is 2. The summed E-state index contributed by atoms with van der Waals surface area (Å²) < 4.78 is 2.57. The highest BCUT2D eigenvalue weighted by Gasteiger charge is 2.06. The molecule has 0 spiro atoms. The smallest absolute Gasteiger partial charge is 0.0819 e. The molecule has 0 amide bonds. The Kier molecular flexibility index (Phi) is 3.33. The maximum Gasteiger partial charge on any atom is 0.0819 e. The Bertz CT molecular complexity index is 505. The van der Waals surface area contributed by atoms with Crippen molar-refractivity contribution in [3.8, 4) is 5.69 Å². The lowest BCUT2D eigenvalue weighted by atomic mass is 10.2. The molecule has 5 heteroatoms. The summed E-state index contributed by atoms with van der Waals surface area (Å²) in [5.41, 5.74) is 2.54. The highest BCUT2D eigenvalue weighted by atomic mass is 79.9. The first-order chi connectivity index (χ1) is 7.61. The first kappa shape index (κ1) is 11.6. The van der Waals surface area contributed by atoms with Crippen LogP contribution in [0.3, 0.4) is 0 Å². The van der Waals surface area contributed by atoms with Crippen LogP contribution in [0.25, 0.3) is 5.69 Å². The largest absolute Gasteiger partial charge is 0.392 e. The molecule has 0 saturated carbocycles. The Morgan fingerprint density at radius 3 is 2.75 bits per heavy atom. The second-order valence-electron chi connectivity index (χ2n) is 3.44. The Labute approximate surface area is 107 Å². The van der Waals surface area contributed by atoms with Crippen LogP contribution in [0.4, 0.5) is 0 Å². The van der Waals surface area contributed by atoms with Crippen LogP contribution in [-0.2, 0) is 6.61 Å². The van der Waals surface area contributed by atoms with Crippen LogP contribution < -0.4 is 0 Å². The van der Waals surface area contributed by atoms with Crippen molar-refractivity contribution >= 4 is 27.5 Å². The van der Waals surface area contributed by atoms with Crippen LogP contribution in [0.1, 0.15) is 11.3 Å². The van der Waals surface area contributed by atoms with E-state index in [-0.39, 0.29) is 6.61 Å². The van der Waals surface area contributed by atoms with Gasteiger partial charge in [-0.3, -0.25) is 0 Å². The number of aliphatic hydroxyl groups excluding tert-OH is 1. The zero-order valence-corrected chi connectivity index (χ0v) is 11.0. The van der Waals surface area contributed by atoms with Gasteiger partial charge in [-0.2, -0.15) is 5.10 Å². The summed E-state index contributed by atoms with van der Waals surface area (Å²) in [5.74, 6) is 0. The number of halogens is 2. The second kappa shape index (κ2) is 4.57. The van der Waals surface area contributed by atoms with E-state index in [4.69, 9.17) is 16.7 Å². The fraction of sp³-hybridized carbons (Fsp3) is 0.182. The van der Waals surface area contributed by atoms with E-state index in [1.807, 2.05) is 25.1 Å². The molecular weight excluding hydrogens is 291 g/mol. The van der Waals surface area contributed by atoms with E-state index in [0.717, 1.165) is 21.4 Å². The molecule has 2 aromatic rings. The van der Waals surface area contributed by atoms with Gasteiger partial charge in [0.25, 0.3) is 0 Å². The summed E-state index contributed by atoms with van der Waals surface area (Å²) in [6.45, 7) is 1.87. The van der Waals surface area contributed by atoms with E-state index in [9.17, 15) is 0 Å². The number of hydrogen-bond donors (Lipinski definition) is 1. The Morgan fingerprint density at radius 2 is 2.25 bits per heavy atom. The van der Waals surface area contributed by atoms with Gasteiger partial charge in [0.2, 0.25) is 0 Å². The van der Waals surface area contributed by atoms with Gasteiger partial charge >= 0.3 is 0 Å². The van der Waals surface area contributed by atoms with Gasteiger partial charge in [-0.25, -0.2) is 4.68 Å². The Balaban J connectivity index is 2.45. The highest BCUT2D eigenvalue weighted by molar-refractivity contribution is 9.10. The van der Waals surface area contributed by atoms with Gasteiger partial charge in [0.15, 0.2) is 0 Å². The summed E-state index contributed by atoms with van der Waals surface area (Å²) in [4.78, 5) is 0. The standard InChI is InChI=1S/C11H10BrClN2O/c1-7-11(13)5-15(14-7)9-3-2-8(6-16)10(12)4-9/h2-5,16H,6H2,1H3. The molecule has 1 aromatic carbocycles. The molecule has 0 radical (unpaired) electrons. The summed E-state index contributed by atoms with van der Waals surface area (Å²) in [7, 11) is 0. The monoisotopic (exact) mass is 300 g/mol. The van der Waals surface area contributed by atoms with Crippen molar-refractivity contribution in [1.82, 2.24) is 9.78 Å². The average molecular weight is 302 g/mol. The number of nitrogens with zero attached hydrogens (tertiary/aromatic N) is 2. The van der Waals surface area contributed by atoms with E-state index in [1.54, 1.807) is 10.9 Å². The highest BCUT2D eigenvalue weighted by Crippen LogP contribution is 2.22. The molecule has 0 saturated heterocycles. The molecule has 0 aliphatic carbocycles. The average Bonchev–Trinajstić information content (AvgIpc) is 2.59. The molecular formula is C11H10BrClN2O. The van der Waals surface area contributed by atoms with Gasteiger partial charge in [-0.15, -0.1) is 0 Å². The maximum absolute atomic E-state index is 9.05. The summed E-state index contributed by atoms with van der Waals surface area (Å²) in [6, 6.07) is 5.64. The molecule has 0 fully saturated rings.